The van der Waals surface area contributed by atoms with Gasteiger partial charge in [-0.1, -0.05) is 42.7 Å². The molecule has 0 aliphatic heterocycles. The van der Waals surface area contributed by atoms with E-state index in [2.05, 4.69) is 15.6 Å². The van der Waals surface area contributed by atoms with E-state index in [0.29, 0.717) is 35.0 Å². The number of nitrogens with zero attached hydrogens (tertiary/aromatic N) is 4. The monoisotopic (exact) mass is 559 g/mol. The Morgan fingerprint density at radius 1 is 1.05 bits per heavy atom. The number of aromatic nitrogens is 3. The third kappa shape index (κ3) is 6.53. The molecule has 2 amide bonds. The van der Waals surface area contributed by atoms with Crippen LogP contribution in [0.5, 0.6) is 11.5 Å². The molecule has 1 unspecified atom stereocenters. The number of aryl methyl sites for hydroxylation is 1. The summed E-state index contributed by atoms with van der Waals surface area (Å²) in [6, 6.07) is 15.9. The minimum Gasteiger partial charge on any atom is -0.493 e. The van der Waals surface area contributed by atoms with Gasteiger partial charge in [-0.3, -0.25) is 9.59 Å². The molecule has 0 saturated heterocycles. The Balaban J connectivity index is 1.47. The first-order valence-electron chi connectivity index (χ1n) is 14.1. The lowest BCUT2D eigenvalue weighted by Crippen LogP contribution is -2.48. The highest BCUT2D eigenvalue weighted by atomic mass is 16.5. The normalized spacial score (nSPS) is 14.5. The molecule has 2 aromatic carbocycles. The molecule has 1 saturated carbocycles. The number of nitrogens with one attached hydrogen (secondary N) is 1. The Labute approximate surface area is 239 Å². The molecule has 0 spiro atoms. The third-order valence-corrected chi connectivity index (χ3v) is 7.66. The summed E-state index contributed by atoms with van der Waals surface area (Å²) in [4.78, 5) is 29.6. The Kier molecular flexibility index (Phi) is 8.86. The van der Waals surface area contributed by atoms with Crippen LogP contribution in [0.2, 0.25) is 0 Å². The highest BCUT2D eigenvalue weighted by molar-refractivity contribution is 5.89. The molecule has 2 aromatic heterocycles. The molecule has 5 rings (SSSR count). The largest absolute Gasteiger partial charge is 0.493 e. The SMILES string of the molecule is COc1ccc(CCN(C(=O)Cn2nnc3ccccc32)C(C(=O)NC2CCCCC2)c2ccc(C)o2)cc1OC. The molecular weight excluding hydrogens is 522 g/mol. The number of fused-ring (bicyclic) bond motifs is 1. The second-order valence-corrected chi connectivity index (χ2v) is 10.5. The molecular formula is C31H37N5O5. The summed E-state index contributed by atoms with van der Waals surface area (Å²) in [5, 5.41) is 11.6. The second-order valence-electron chi connectivity index (χ2n) is 10.5. The number of hydrogen-bond donors (Lipinski definition) is 1. The van der Waals surface area contributed by atoms with Crippen LogP contribution in [-0.2, 0) is 22.6 Å². The Hall–Kier alpha value is -4.34. The van der Waals surface area contributed by atoms with E-state index in [1.54, 1.807) is 29.9 Å². The zero-order valence-corrected chi connectivity index (χ0v) is 23.8. The minimum atomic E-state index is -0.937. The van der Waals surface area contributed by atoms with Crippen molar-refractivity contribution in [3.05, 3.63) is 71.7 Å². The maximum Gasteiger partial charge on any atom is 0.250 e. The molecule has 1 aliphatic rings. The first kappa shape index (κ1) is 28.2. The average Bonchev–Trinajstić information content (AvgIpc) is 3.61. The number of benzene rings is 2. The van der Waals surface area contributed by atoms with Gasteiger partial charge in [0.25, 0.3) is 5.91 Å². The van der Waals surface area contributed by atoms with Gasteiger partial charge in [-0.2, -0.15) is 0 Å². The van der Waals surface area contributed by atoms with Crippen molar-refractivity contribution in [2.24, 2.45) is 0 Å². The number of furan rings is 1. The van der Waals surface area contributed by atoms with Gasteiger partial charge in [-0.05, 0) is 68.1 Å². The van der Waals surface area contributed by atoms with E-state index >= 15 is 0 Å². The first-order chi connectivity index (χ1) is 20.0. The molecule has 1 fully saturated rings. The summed E-state index contributed by atoms with van der Waals surface area (Å²) in [6.07, 6.45) is 5.68. The lowest BCUT2D eigenvalue weighted by molar-refractivity contribution is -0.142. The lowest BCUT2D eigenvalue weighted by Gasteiger charge is -2.32. The van der Waals surface area contributed by atoms with Gasteiger partial charge in [0, 0.05) is 12.6 Å². The van der Waals surface area contributed by atoms with Crippen molar-refractivity contribution in [3.8, 4) is 11.5 Å². The molecule has 10 nitrogen and oxygen atoms in total. The van der Waals surface area contributed by atoms with E-state index in [1.165, 1.54) is 6.42 Å². The van der Waals surface area contributed by atoms with E-state index in [9.17, 15) is 9.59 Å². The number of amides is 2. The van der Waals surface area contributed by atoms with Crippen molar-refractivity contribution in [3.63, 3.8) is 0 Å². The van der Waals surface area contributed by atoms with Gasteiger partial charge in [0.05, 0.1) is 19.7 Å². The number of ether oxygens (including phenoxy) is 2. The highest BCUT2D eigenvalue weighted by Crippen LogP contribution is 2.30. The molecule has 216 valence electrons. The van der Waals surface area contributed by atoms with Crippen LogP contribution >= 0.6 is 0 Å². The van der Waals surface area contributed by atoms with Crippen molar-refractivity contribution in [1.82, 2.24) is 25.2 Å². The van der Waals surface area contributed by atoms with Crippen molar-refractivity contribution in [2.45, 2.75) is 64.1 Å². The maximum absolute atomic E-state index is 14.1. The topological polar surface area (TPSA) is 112 Å². The van der Waals surface area contributed by atoms with Crippen molar-refractivity contribution in [2.75, 3.05) is 20.8 Å². The number of para-hydroxylation sites is 1. The predicted molar refractivity (Wildman–Crippen MR) is 154 cm³/mol. The highest BCUT2D eigenvalue weighted by Gasteiger charge is 2.35. The summed E-state index contributed by atoms with van der Waals surface area (Å²) in [7, 11) is 3.18. The van der Waals surface area contributed by atoms with Gasteiger partial charge in [0.15, 0.2) is 17.5 Å². The van der Waals surface area contributed by atoms with Gasteiger partial charge >= 0.3 is 0 Å². The molecule has 1 aliphatic carbocycles. The number of rotatable bonds is 11. The zero-order chi connectivity index (χ0) is 28.8. The summed E-state index contributed by atoms with van der Waals surface area (Å²) in [5.41, 5.74) is 2.39. The van der Waals surface area contributed by atoms with Crippen molar-refractivity contribution in [1.29, 1.82) is 0 Å². The van der Waals surface area contributed by atoms with E-state index in [1.807, 2.05) is 55.5 Å². The van der Waals surface area contributed by atoms with Crippen LogP contribution in [0.1, 0.15) is 55.2 Å². The second kappa shape index (κ2) is 12.9. The summed E-state index contributed by atoms with van der Waals surface area (Å²) < 4.78 is 18.4. The number of carbonyl (C=O) groups excluding carboxylic acids is 2. The minimum absolute atomic E-state index is 0.0701. The van der Waals surface area contributed by atoms with Crippen LogP contribution in [0, 0.1) is 6.92 Å². The molecule has 4 aromatic rings. The van der Waals surface area contributed by atoms with Gasteiger partial charge in [0.1, 0.15) is 23.6 Å². The molecule has 0 bridgehead atoms. The molecule has 41 heavy (non-hydrogen) atoms. The molecule has 10 heteroatoms. The average molecular weight is 560 g/mol. The van der Waals surface area contributed by atoms with Crippen LogP contribution in [0.3, 0.4) is 0 Å². The van der Waals surface area contributed by atoms with Crippen LogP contribution in [0.25, 0.3) is 11.0 Å². The zero-order valence-electron chi connectivity index (χ0n) is 23.8. The van der Waals surface area contributed by atoms with E-state index in [0.717, 1.165) is 36.8 Å². The Bertz CT molecular complexity index is 1490. The molecule has 2 heterocycles. The molecule has 1 N–H and O–H groups in total. The van der Waals surface area contributed by atoms with E-state index in [-0.39, 0.29) is 30.9 Å². The number of methoxy groups -OCH3 is 2. The van der Waals surface area contributed by atoms with Gasteiger partial charge in [-0.25, -0.2) is 4.68 Å². The molecule has 1 atom stereocenters. The standard InChI is InChI=1S/C31H37N5O5/c1-21-13-15-27(41-21)30(31(38)32-23-9-5-4-6-10-23)35(18-17-22-14-16-26(39-2)28(19-22)40-3)29(37)20-36-25-12-8-7-11-24(25)33-34-36/h7-8,11-16,19,23,30H,4-6,9-10,17-18,20H2,1-3H3,(H,32,38). The van der Waals surface area contributed by atoms with E-state index in [4.69, 9.17) is 13.9 Å². The third-order valence-electron chi connectivity index (χ3n) is 7.66. The molecule has 0 radical (unpaired) electrons. The first-order valence-corrected chi connectivity index (χ1v) is 14.1. The van der Waals surface area contributed by atoms with Crippen LogP contribution in [0.4, 0.5) is 0 Å². The number of carbonyl (C=O) groups is 2. The fraction of sp³-hybridized carbons (Fsp3) is 0.419. The summed E-state index contributed by atoms with van der Waals surface area (Å²) in [6.45, 7) is 2.03. The van der Waals surface area contributed by atoms with Gasteiger partial charge in [-0.15, -0.1) is 5.10 Å². The smallest absolute Gasteiger partial charge is 0.250 e. The number of hydrogen-bond acceptors (Lipinski definition) is 7. The van der Waals surface area contributed by atoms with Crippen molar-refractivity contribution >= 4 is 22.8 Å². The van der Waals surface area contributed by atoms with Crippen LogP contribution in [-0.4, -0.2) is 58.5 Å². The quantitative estimate of drug-likeness (QED) is 0.286. The fourth-order valence-corrected chi connectivity index (χ4v) is 5.49. The predicted octanol–water partition coefficient (Wildman–Crippen LogP) is 4.61. The van der Waals surface area contributed by atoms with E-state index < -0.39 is 6.04 Å². The summed E-state index contributed by atoms with van der Waals surface area (Å²) in [5.74, 6) is 1.82. The Morgan fingerprint density at radius 3 is 2.56 bits per heavy atom. The van der Waals surface area contributed by atoms with Gasteiger partial charge < -0.3 is 24.1 Å². The van der Waals surface area contributed by atoms with Crippen LogP contribution < -0.4 is 14.8 Å². The van der Waals surface area contributed by atoms with Gasteiger partial charge in [0.2, 0.25) is 5.91 Å². The lowest BCUT2D eigenvalue weighted by atomic mass is 9.95. The van der Waals surface area contributed by atoms with Crippen LogP contribution in [0.15, 0.2) is 59.0 Å². The summed E-state index contributed by atoms with van der Waals surface area (Å²) >= 11 is 0. The van der Waals surface area contributed by atoms with Crippen molar-refractivity contribution < 1.29 is 23.5 Å². The fourth-order valence-electron chi connectivity index (χ4n) is 5.49. The maximum atomic E-state index is 14.1. The Morgan fingerprint density at radius 2 is 1.83 bits per heavy atom.